The van der Waals surface area contributed by atoms with Crippen molar-refractivity contribution in [2.24, 2.45) is 0 Å². The fourth-order valence-corrected chi connectivity index (χ4v) is 3.34. The summed E-state index contributed by atoms with van der Waals surface area (Å²) in [6.07, 6.45) is 1.61. The molecule has 2 N–H and O–H groups in total. The first kappa shape index (κ1) is 13.9. The van der Waals surface area contributed by atoms with Crippen LogP contribution in [-0.2, 0) is 6.54 Å². The van der Waals surface area contributed by atoms with Crippen molar-refractivity contribution >= 4 is 33.2 Å². The van der Waals surface area contributed by atoms with Crippen molar-refractivity contribution in [3.63, 3.8) is 0 Å². The Labute approximate surface area is 135 Å². The van der Waals surface area contributed by atoms with Crippen LogP contribution in [0, 0.1) is 13.8 Å². The molecule has 23 heavy (non-hydrogen) atoms. The van der Waals surface area contributed by atoms with Gasteiger partial charge in [0.2, 0.25) is 4.96 Å². The van der Waals surface area contributed by atoms with E-state index in [0.717, 1.165) is 32.4 Å². The molecule has 0 fully saturated rings. The molecule has 3 heterocycles. The van der Waals surface area contributed by atoms with Gasteiger partial charge in [0.15, 0.2) is 0 Å². The number of hydrogen-bond acceptors (Lipinski definition) is 5. The van der Waals surface area contributed by atoms with E-state index in [1.807, 2.05) is 19.9 Å². The predicted molar refractivity (Wildman–Crippen MR) is 87.6 cm³/mol. The van der Waals surface area contributed by atoms with E-state index in [1.165, 1.54) is 11.3 Å². The number of imidazole rings is 2. The third-order valence-electron chi connectivity index (χ3n) is 3.70. The van der Waals surface area contributed by atoms with Gasteiger partial charge in [-0.1, -0.05) is 11.3 Å². The van der Waals surface area contributed by atoms with Gasteiger partial charge in [-0.05, 0) is 32.0 Å². The molecule has 0 saturated carbocycles. The van der Waals surface area contributed by atoms with Gasteiger partial charge in [0.25, 0.3) is 5.91 Å². The third kappa shape index (κ3) is 2.36. The van der Waals surface area contributed by atoms with Crippen LogP contribution >= 0.6 is 11.3 Å². The first-order valence-electron chi connectivity index (χ1n) is 7.15. The number of amides is 1. The monoisotopic (exact) mass is 326 g/mol. The van der Waals surface area contributed by atoms with Crippen LogP contribution in [0.2, 0.25) is 0 Å². The number of nitrogens with one attached hydrogen (secondary N) is 2. The minimum absolute atomic E-state index is 0.136. The lowest BCUT2D eigenvalue weighted by Crippen LogP contribution is -2.24. The van der Waals surface area contributed by atoms with Crippen LogP contribution in [0.4, 0.5) is 0 Å². The molecule has 8 heteroatoms. The second-order valence-electron chi connectivity index (χ2n) is 5.28. The SMILES string of the molecule is Cc1nn2c(CNC(=O)c3ccc4nc[nH]c4c3)c(C)nc2s1. The zero-order valence-corrected chi connectivity index (χ0v) is 13.4. The van der Waals surface area contributed by atoms with Crippen molar-refractivity contribution in [3.8, 4) is 0 Å². The minimum atomic E-state index is -0.136. The van der Waals surface area contributed by atoms with Crippen LogP contribution in [-0.4, -0.2) is 30.5 Å². The number of nitrogens with zero attached hydrogens (tertiary/aromatic N) is 4. The number of carbonyl (C=O) groups is 1. The molecule has 7 nitrogen and oxygen atoms in total. The van der Waals surface area contributed by atoms with Crippen LogP contribution in [0.25, 0.3) is 16.0 Å². The Bertz CT molecular complexity index is 1030. The molecule has 0 bridgehead atoms. The van der Waals surface area contributed by atoms with Gasteiger partial charge in [-0.25, -0.2) is 14.5 Å². The second kappa shape index (κ2) is 5.17. The highest BCUT2D eigenvalue weighted by Crippen LogP contribution is 2.18. The van der Waals surface area contributed by atoms with E-state index < -0.39 is 0 Å². The van der Waals surface area contributed by atoms with Crippen LogP contribution in [0.1, 0.15) is 26.8 Å². The van der Waals surface area contributed by atoms with Crippen LogP contribution in [0.5, 0.6) is 0 Å². The molecule has 1 aromatic carbocycles. The van der Waals surface area contributed by atoms with Gasteiger partial charge in [0.1, 0.15) is 5.01 Å². The Hall–Kier alpha value is -2.74. The van der Waals surface area contributed by atoms with Crippen molar-refractivity contribution in [2.45, 2.75) is 20.4 Å². The second-order valence-corrected chi connectivity index (χ2v) is 6.44. The van der Waals surface area contributed by atoms with Crippen LogP contribution in [0.15, 0.2) is 24.5 Å². The first-order chi connectivity index (χ1) is 11.1. The molecule has 0 spiro atoms. The van der Waals surface area contributed by atoms with E-state index >= 15 is 0 Å². The molecule has 4 aromatic rings. The van der Waals surface area contributed by atoms with E-state index in [4.69, 9.17) is 0 Å². The Balaban J connectivity index is 1.57. The van der Waals surface area contributed by atoms with Gasteiger partial charge >= 0.3 is 0 Å². The molecule has 116 valence electrons. The van der Waals surface area contributed by atoms with Crippen LogP contribution < -0.4 is 5.32 Å². The molecule has 0 aliphatic heterocycles. The lowest BCUT2D eigenvalue weighted by molar-refractivity contribution is 0.0950. The minimum Gasteiger partial charge on any atom is -0.346 e. The molecular formula is C15H14N6OS. The number of aromatic nitrogens is 5. The van der Waals surface area contributed by atoms with E-state index in [-0.39, 0.29) is 5.91 Å². The highest BCUT2D eigenvalue weighted by molar-refractivity contribution is 7.16. The molecule has 0 unspecified atom stereocenters. The maximum absolute atomic E-state index is 12.4. The maximum atomic E-state index is 12.4. The Morgan fingerprint density at radius 2 is 2.26 bits per heavy atom. The lowest BCUT2D eigenvalue weighted by Gasteiger charge is -2.05. The van der Waals surface area contributed by atoms with E-state index in [2.05, 4.69) is 25.4 Å². The zero-order valence-electron chi connectivity index (χ0n) is 12.6. The molecule has 1 amide bonds. The van der Waals surface area contributed by atoms with Crippen molar-refractivity contribution < 1.29 is 4.79 Å². The maximum Gasteiger partial charge on any atom is 0.251 e. The van der Waals surface area contributed by atoms with Gasteiger partial charge in [0, 0.05) is 5.56 Å². The summed E-state index contributed by atoms with van der Waals surface area (Å²) in [5.41, 5.74) is 4.06. The number of aryl methyl sites for hydroxylation is 2. The highest BCUT2D eigenvalue weighted by Gasteiger charge is 2.14. The Morgan fingerprint density at radius 1 is 1.39 bits per heavy atom. The average Bonchev–Trinajstić information content (AvgIpc) is 3.19. The first-order valence-corrected chi connectivity index (χ1v) is 7.96. The number of hydrogen-bond donors (Lipinski definition) is 2. The largest absolute Gasteiger partial charge is 0.346 e. The fourth-order valence-electron chi connectivity index (χ4n) is 2.53. The predicted octanol–water partition coefficient (Wildman–Crippen LogP) is 2.21. The summed E-state index contributed by atoms with van der Waals surface area (Å²) in [6.45, 7) is 4.25. The van der Waals surface area contributed by atoms with Crippen molar-refractivity contribution in [1.82, 2.24) is 29.9 Å². The van der Waals surface area contributed by atoms with Gasteiger partial charge < -0.3 is 10.3 Å². The molecular weight excluding hydrogens is 312 g/mol. The molecule has 3 aromatic heterocycles. The number of carbonyl (C=O) groups excluding carboxylic acids is 1. The number of fused-ring (bicyclic) bond motifs is 2. The van der Waals surface area contributed by atoms with Crippen LogP contribution in [0.3, 0.4) is 0 Å². The summed E-state index contributed by atoms with van der Waals surface area (Å²) in [7, 11) is 0. The Kier molecular flexibility index (Phi) is 3.12. The third-order valence-corrected chi connectivity index (χ3v) is 4.52. The topological polar surface area (TPSA) is 88.0 Å². The summed E-state index contributed by atoms with van der Waals surface area (Å²) in [4.78, 5) is 24.8. The van der Waals surface area contributed by atoms with Gasteiger partial charge in [-0.3, -0.25) is 4.79 Å². The fraction of sp³-hybridized carbons (Fsp3) is 0.200. The van der Waals surface area contributed by atoms with Crippen molar-refractivity contribution in [1.29, 1.82) is 0 Å². The van der Waals surface area contributed by atoms with Crippen molar-refractivity contribution in [3.05, 3.63) is 46.5 Å². The van der Waals surface area contributed by atoms with E-state index in [9.17, 15) is 4.79 Å². The quantitative estimate of drug-likeness (QED) is 0.604. The number of rotatable bonds is 3. The summed E-state index contributed by atoms with van der Waals surface area (Å²) in [6, 6.07) is 5.39. The molecule has 0 saturated heterocycles. The van der Waals surface area contributed by atoms with Gasteiger partial charge in [0.05, 0.1) is 35.3 Å². The Morgan fingerprint density at radius 3 is 3.13 bits per heavy atom. The number of benzene rings is 1. The normalized spacial score (nSPS) is 11.4. The summed E-state index contributed by atoms with van der Waals surface area (Å²) >= 11 is 1.54. The van der Waals surface area contributed by atoms with E-state index in [0.29, 0.717) is 12.1 Å². The molecule has 0 atom stereocenters. The number of aromatic amines is 1. The summed E-state index contributed by atoms with van der Waals surface area (Å²) < 4.78 is 1.80. The lowest BCUT2D eigenvalue weighted by atomic mass is 10.2. The van der Waals surface area contributed by atoms with Gasteiger partial charge in [-0.2, -0.15) is 5.10 Å². The highest BCUT2D eigenvalue weighted by atomic mass is 32.1. The smallest absolute Gasteiger partial charge is 0.251 e. The molecule has 0 aliphatic rings. The molecule has 4 rings (SSSR count). The number of H-pyrrole nitrogens is 1. The van der Waals surface area contributed by atoms with Gasteiger partial charge in [-0.15, -0.1) is 0 Å². The standard InChI is InChI=1S/C15H14N6OS/c1-8-13(21-15(19-8)23-9(2)20-21)6-16-14(22)10-3-4-11-12(5-10)18-7-17-11/h3-5,7H,6H2,1-2H3,(H,16,22)(H,17,18). The average molecular weight is 326 g/mol. The van der Waals surface area contributed by atoms with Crippen molar-refractivity contribution in [2.75, 3.05) is 0 Å². The zero-order chi connectivity index (χ0) is 16.0. The van der Waals surface area contributed by atoms with E-state index in [1.54, 1.807) is 23.0 Å². The summed E-state index contributed by atoms with van der Waals surface area (Å²) in [5.74, 6) is -0.136. The molecule has 0 radical (unpaired) electrons. The summed E-state index contributed by atoms with van der Waals surface area (Å²) in [5, 5.41) is 8.31. The molecule has 0 aliphatic carbocycles.